The van der Waals surface area contributed by atoms with Crippen LogP contribution in [0.4, 0.5) is 0 Å². The molecular formula is C40H70NO7P. The molecule has 0 saturated carbocycles. The van der Waals surface area contributed by atoms with E-state index in [1.54, 1.807) is 0 Å². The van der Waals surface area contributed by atoms with E-state index in [-0.39, 0.29) is 32.3 Å². The molecule has 0 bridgehead atoms. The van der Waals surface area contributed by atoms with E-state index >= 15 is 0 Å². The third-order valence-electron chi connectivity index (χ3n) is 7.39. The average Bonchev–Trinajstić information content (AvgIpc) is 3.09. The number of hydrogen-bond acceptors (Lipinski definition) is 7. The number of phosphoric acid groups is 1. The molecule has 0 heterocycles. The van der Waals surface area contributed by atoms with Crippen LogP contribution in [-0.4, -0.2) is 49.9 Å². The Kier molecular flexibility index (Phi) is 35.6. The smallest absolute Gasteiger partial charge is 0.457 e. The van der Waals surface area contributed by atoms with Crippen molar-refractivity contribution in [2.75, 3.05) is 33.0 Å². The van der Waals surface area contributed by atoms with Crippen LogP contribution >= 0.6 is 7.82 Å². The minimum absolute atomic E-state index is 0.0905. The molecule has 0 aliphatic rings. The lowest BCUT2D eigenvalue weighted by molar-refractivity contribution is -0.154. The number of phosphoric ester groups is 1. The van der Waals surface area contributed by atoms with Gasteiger partial charge in [-0.1, -0.05) is 138 Å². The molecule has 0 saturated heterocycles. The standard InChI is InChI=1S/C40H70NO7P/c1-3-5-7-9-11-13-14-15-16-17-18-19-20-21-22-23-24-25-26-28-30-32-35-45-37-39(38-47-49(43,44)46-36-34-41)48-40(42)33-31-29-27-12-10-8-6-4-2/h5,7,11,13,15-16,18-19,21-22,24-25,39H,3-4,6,8-10,12,14,17,20,23,26-38,41H2,1-2H3,(H,43,44)/b7-5-,13-11-,16-15-,19-18-,22-21-,25-24-. The number of esters is 1. The van der Waals surface area contributed by atoms with E-state index in [1.165, 1.54) is 32.1 Å². The second-order valence-corrected chi connectivity index (χ2v) is 13.5. The van der Waals surface area contributed by atoms with Crippen molar-refractivity contribution < 1.29 is 32.8 Å². The molecule has 8 nitrogen and oxygen atoms in total. The number of ether oxygens (including phenoxy) is 2. The second kappa shape index (κ2) is 37.2. The minimum Gasteiger partial charge on any atom is -0.457 e. The molecule has 0 aliphatic heterocycles. The zero-order valence-electron chi connectivity index (χ0n) is 30.9. The first-order valence-corrected chi connectivity index (χ1v) is 20.4. The maximum Gasteiger partial charge on any atom is 0.472 e. The SMILES string of the molecule is CC/C=C\C/C=C\C/C=C\C/C=C\C/C=C\C/C=C\CCCCCOCC(COP(=O)(O)OCCN)OC(=O)CCCCCCCCCC. The number of carbonyl (C=O) groups is 1. The van der Waals surface area contributed by atoms with E-state index in [0.717, 1.165) is 83.5 Å². The first-order valence-electron chi connectivity index (χ1n) is 18.9. The van der Waals surface area contributed by atoms with Crippen LogP contribution in [0.3, 0.4) is 0 Å². The largest absolute Gasteiger partial charge is 0.472 e. The Morgan fingerprint density at radius 1 is 0.633 bits per heavy atom. The van der Waals surface area contributed by atoms with Crippen LogP contribution in [0.5, 0.6) is 0 Å². The Morgan fingerprint density at radius 2 is 1.14 bits per heavy atom. The lowest BCUT2D eigenvalue weighted by Gasteiger charge is -2.20. The number of unbranched alkanes of at least 4 members (excludes halogenated alkanes) is 10. The van der Waals surface area contributed by atoms with Crippen LogP contribution in [0.25, 0.3) is 0 Å². The summed E-state index contributed by atoms with van der Waals surface area (Å²) in [5, 5.41) is 0. The summed E-state index contributed by atoms with van der Waals surface area (Å²) in [4.78, 5) is 22.3. The molecule has 282 valence electrons. The van der Waals surface area contributed by atoms with Gasteiger partial charge < -0.3 is 20.1 Å². The highest BCUT2D eigenvalue weighted by Crippen LogP contribution is 2.43. The molecule has 0 aromatic heterocycles. The highest BCUT2D eigenvalue weighted by atomic mass is 31.2. The zero-order chi connectivity index (χ0) is 35.9. The first-order chi connectivity index (χ1) is 23.9. The topological polar surface area (TPSA) is 117 Å². The number of allylic oxidation sites excluding steroid dienone is 12. The molecule has 0 aliphatic carbocycles. The first kappa shape index (κ1) is 46.9. The van der Waals surface area contributed by atoms with Gasteiger partial charge >= 0.3 is 13.8 Å². The number of hydrogen-bond donors (Lipinski definition) is 2. The second-order valence-electron chi connectivity index (χ2n) is 12.1. The Morgan fingerprint density at radius 3 is 1.69 bits per heavy atom. The number of rotatable bonds is 35. The Hall–Kier alpha value is -2.06. The monoisotopic (exact) mass is 707 g/mol. The van der Waals surface area contributed by atoms with Gasteiger partial charge in [0, 0.05) is 19.6 Å². The Balaban J connectivity index is 4.11. The molecule has 3 N–H and O–H groups in total. The van der Waals surface area contributed by atoms with Crippen molar-refractivity contribution in [3.8, 4) is 0 Å². The van der Waals surface area contributed by atoms with Crippen molar-refractivity contribution in [3.05, 3.63) is 72.9 Å². The van der Waals surface area contributed by atoms with Gasteiger partial charge in [0.05, 0.1) is 19.8 Å². The summed E-state index contributed by atoms with van der Waals surface area (Å²) in [6, 6.07) is 0. The quantitative estimate of drug-likeness (QED) is 0.0289. The maximum absolute atomic E-state index is 12.4. The van der Waals surface area contributed by atoms with Gasteiger partial charge in [-0.25, -0.2) is 4.57 Å². The van der Waals surface area contributed by atoms with Gasteiger partial charge in [-0.15, -0.1) is 0 Å². The van der Waals surface area contributed by atoms with Gasteiger partial charge in [0.15, 0.2) is 0 Å². The molecule has 0 aromatic rings. The molecule has 0 spiro atoms. The zero-order valence-corrected chi connectivity index (χ0v) is 31.8. The predicted octanol–water partition coefficient (Wildman–Crippen LogP) is 10.8. The molecule has 0 aromatic carbocycles. The molecule has 0 amide bonds. The summed E-state index contributed by atoms with van der Waals surface area (Å²) in [5.41, 5.74) is 5.34. The molecule has 0 rings (SSSR count). The van der Waals surface area contributed by atoms with E-state index in [9.17, 15) is 14.3 Å². The summed E-state index contributed by atoms with van der Waals surface area (Å²) in [6.07, 6.45) is 45.0. The van der Waals surface area contributed by atoms with Crippen molar-refractivity contribution in [1.29, 1.82) is 0 Å². The van der Waals surface area contributed by atoms with E-state index < -0.39 is 13.9 Å². The van der Waals surface area contributed by atoms with Crippen LogP contribution in [0.1, 0.15) is 136 Å². The van der Waals surface area contributed by atoms with Crippen LogP contribution in [0.2, 0.25) is 0 Å². The van der Waals surface area contributed by atoms with Gasteiger partial charge in [-0.2, -0.15) is 0 Å². The van der Waals surface area contributed by atoms with Crippen molar-refractivity contribution in [2.45, 2.75) is 142 Å². The molecule has 0 radical (unpaired) electrons. The normalized spacial score (nSPS) is 14.4. The summed E-state index contributed by atoms with van der Waals surface area (Å²) >= 11 is 0. The van der Waals surface area contributed by atoms with Gasteiger partial charge in [0.25, 0.3) is 0 Å². The third kappa shape index (κ3) is 37.0. The van der Waals surface area contributed by atoms with E-state index in [2.05, 4.69) is 86.8 Å². The predicted molar refractivity (Wildman–Crippen MR) is 205 cm³/mol. The van der Waals surface area contributed by atoms with Crippen molar-refractivity contribution in [2.24, 2.45) is 5.73 Å². The third-order valence-corrected chi connectivity index (χ3v) is 8.37. The molecule has 9 heteroatoms. The van der Waals surface area contributed by atoms with Crippen LogP contribution in [0.15, 0.2) is 72.9 Å². The maximum atomic E-state index is 12.4. The molecular weight excluding hydrogens is 637 g/mol. The van der Waals surface area contributed by atoms with Crippen molar-refractivity contribution in [3.63, 3.8) is 0 Å². The van der Waals surface area contributed by atoms with E-state index in [4.69, 9.17) is 24.3 Å². The van der Waals surface area contributed by atoms with Crippen LogP contribution in [-0.2, 0) is 27.9 Å². The minimum atomic E-state index is -4.28. The molecule has 0 fully saturated rings. The molecule has 49 heavy (non-hydrogen) atoms. The van der Waals surface area contributed by atoms with Crippen molar-refractivity contribution in [1.82, 2.24) is 0 Å². The van der Waals surface area contributed by atoms with Crippen molar-refractivity contribution >= 4 is 13.8 Å². The van der Waals surface area contributed by atoms with Crippen LogP contribution in [0, 0.1) is 0 Å². The van der Waals surface area contributed by atoms with Gasteiger partial charge in [-0.05, 0) is 64.2 Å². The fourth-order valence-corrected chi connectivity index (χ4v) is 5.41. The highest BCUT2D eigenvalue weighted by Gasteiger charge is 2.25. The van der Waals surface area contributed by atoms with Crippen LogP contribution < -0.4 is 5.73 Å². The van der Waals surface area contributed by atoms with E-state index in [1.807, 2.05) is 0 Å². The fraction of sp³-hybridized carbons (Fsp3) is 0.675. The van der Waals surface area contributed by atoms with Gasteiger partial charge in [-0.3, -0.25) is 13.8 Å². The number of nitrogens with two attached hydrogens (primary N) is 1. The van der Waals surface area contributed by atoms with Gasteiger partial charge in [0.2, 0.25) is 0 Å². The molecule has 2 atom stereocenters. The summed E-state index contributed by atoms with van der Waals surface area (Å²) < 4.78 is 33.2. The Labute approximate surface area is 299 Å². The summed E-state index contributed by atoms with van der Waals surface area (Å²) in [5.74, 6) is -0.352. The van der Waals surface area contributed by atoms with E-state index in [0.29, 0.717) is 13.0 Å². The summed E-state index contributed by atoms with van der Waals surface area (Å²) in [7, 11) is -4.28. The molecule has 2 unspecified atom stereocenters. The lowest BCUT2D eigenvalue weighted by atomic mass is 10.1. The fourth-order valence-electron chi connectivity index (χ4n) is 4.64. The lowest BCUT2D eigenvalue weighted by Crippen LogP contribution is -2.28. The highest BCUT2D eigenvalue weighted by molar-refractivity contribution is 7.47. The number of carbonyl (C=O) groups excluding carboxylic acids is 1. The summed E-state index contributed by atoms with van der Waals surface area (Å²) in [6.45, 7) is 4.66. The average molecular weight is 708 g/mol. The van der Waals surface area contributed by atoms with Gasteiger partial charge in [0.1, 0.15) is 6.10 Å². The Bertz CT molecular complexity index is 974.